The van der Waals surface area contributed by atoms with E-state index in [-0.39, 0.29) is 11.9 Å². The summed E-state index contributed by atoms with van der Waals surface area (Å²) >= 11 is 1.87. The van der Waals surface area contributed by atoms with Gasteiger partial charge in [-0.1, -0.05) is 60.7 Å². The summed E-state index contributed by atoms with van der Waals surface area (Å²) in [6.45, 7) is 2.17. The van der Waals surface area contributed by atoms with E-state index in [0.717, 1.165) is 17.7 Å². The van der Waals surface area contributed by atoms with Crippen LogP contribution in [0.1, 0.15) is 40.6 Å². The molecule has 3 heteroatoms. The van der Waals surface area contributed by atoms with Crippen LogP contribution in [-0.2, 0) is 5.75 Å². The van der Waals surface area contributed by atoms with E-state index in [4.69, 9.17) is 0 Å². The van der Waals surface area contributed by atoms with Crippen LogP contribution in [0, 0.1) is 18.7 Å². The van der Waals surface area contributed by atoms with Crippen molar-refractivity contribution in [1.82, 2.24) is 0 Å². The number of anilines is 1. The third kappa shape index (κ3) is 3.49. The quantitative estimate of drug-likeness (QED) is 0.365. The van der Waals surface area contributed by atoms with Crippen molar-refractivity contribution in [2.75, 3.05) is 5.32 Å². The van der Waals surface area contributed by atoms with Crippen molar-refractivity contribution in [2.45, 2.75) is 36.0 Å². The van der Waals surface area contributed by atoms with Gasteiger partial charge in [0.15, 0.2) is 0 Å². The first-order chi connectivity index (χ1) is 14.2. The summed E-state index contributed by atoms with van der Waals surface area (Å²) in [6, 6.07) is 22.4. The van der Waals surface area contributed by atoms with Crippen molar-refractivity contribution in [3.63, 3.8) is 0 Å². The van der Waals surface area contributed by atoms with Crippen LogP contribution >= 0.6 is 11.8 Å². The number of fused-ring (bicyclic) bond motifs is 3. The molecular weight excluding hydrogens is 377 g/mol. The van der Waals surface area contributed by atoms with Gasteiger partial charge in [0.25, 0.3) is 0 Å². The minimum absolute atomic E-state index is 0.00643. The Morgan fingerprint density at radius 2 is 1.79 bits per heavy atom. The first kappa shape index (κ1) is 18.5. The molecule has 0 spiro atoms. The van der Waals surface area contributed by atoms with E-state index in [1.165, 1.54) is 27.3 Å². The maximum absolute atomic E-state index is 14.6. The molecule has 0 radical (unpaired) electrons. The van der Waals surface area contributed by atoms with Crippen LogP contribution in [0.3, 0.4) is 0 Å². The monoisotopic (exact) mass is 401 g/mol. The van der Waals surface area contributed by atoms with Gasteiger partial charge >= 0.3 is 0 Å². The van der Waals surface area contributed by atoms with Gasteiger partial charge in [0.05, 0.1) is 6.04 Å². The second-order valence-corrected chi connectivity index (χ2v) is 9.02. The van der Waals surface area contributed by atoms with Crippen LogP contribution in [0.15, 0.2) is 83.8 Å². The molecule has 0 saturated carbocycles. The molecule has 0 saturated heterocycles. The molecule has 0 aromatic heterocycles. The number of halogens is 1. The molecule has 29 heavy (non-hydrogen) atoms. The van der Waals surface area contributed by atoms with Gasteiger partial charge in [0.2, 0.25) is 0 Å². The fraction of sp³-hybridized carbons (Fsp3) is 0.231. The van der Waals surface area contributed by atoms with Crippen molar-refractivity contribution in [1.29, 1.82) is 0 Å². The molecule has 1 N–H and O–H groups in total. The molecule has 1 heterocycles. The van der Waals surface area contributed by atoms with Crippen LogP contribution in [0.2, 0.25) is 0 Å². The lowest BCUT2D eigenvalue weighted by atomic mass is 9.76. The van der Waals surface area contributed by atoms with E-state index >= 15 is 0 Å². The summed E-state index contributed by atoms with van der Waals surface area (Å²) < 4.78 is 14.6. The van der Waals surface area contributed by atoms with Gasteiger partial charge in [0.1, 0.15) is 5.82 Å². The maximum Gasteiger partial charge on any atom is 0.128 e. The number of allylic oxidation sites excluding steroid dienone is 2. The van der Waals surface area contributed by atoms with E-state index in [1.54, 1.807) is 12.1 Å². The second-order valence-electron chi connectivity index (χ2n) is 7.98. The van der Waals surface area contributed by atoms with Crippen LogP contribution in [0.4, 0.5) is 10.1 Å². The van der Waals surface area contributed by atoms with Crippen molar-refractivity contribution in [3.05, 3.63) is 107 Å². The summed E-state index contributed by atoms with van der Waals surface area (Å²) in [5.74, 6) is 1.54. The van der Waals surface area contributed by atoms with E-state index in [2.05, 4.69) is 66.9 Å². The smallest absolute Gasteiger partial charge is 0.128 e. The van der Waals surface area contributed by atoms with Crippen LogP contribution in [0.5, 0.6) is 0 Å². The minimum Gasteiger partial charge on any atom is -0.377 e. The van der Waals surface area contributed by atoms with Gasteiger partial charge in [-0.2, -0.15) is 0 Å². The van der Waals surface area contributed by atoms with Crippen LogP contribution < -0.4 is 5.32 Å². The Labute approximate surface area is 176 Å². The van der Waals surface area contributed by atoms with Crippen LogP contribution in [-0.4, -0.2) is 0 Å². The molecule has 5 rings (SSSR count). The van der Waals surface area contributed by atoms with Gasteiger partial charge < -0.3 is 5.32 Å². The van der Waals surface area contributed by atoms with E-state index in [9.17, 15) is 4.39 Å². The first-order valence-electron chi connectivity index (χ1n) is 10.2. The highest BCUT2D eigenvalue weighted by atomic mass is 32.2. The lowest BCUT2D eigenvalue weighted by molar-refractivity contribution is 0.413. The first-order valence-corrected chi connectivity index (χ1v) is 11.2. The fourth-order valence-corrected chi connectivity index (χ4v) is 5.62. The number of thioether (sulfide) groups is 1. The summed E-state index contributed by atoms with van der Waals surface area (Å²) in [7, 11) is 0. The number of hydrogen-bond donors (Lipinski definition) is 1. The van der Waals surface area contributed by atoms with Gasteiger partial charge in [-0.3, -0.25) is 0 Å². The molecule has 146 valence electrons. The Kier molecular flexibility index (Phi) is 4.92. The minimum atomic E-state index is -0.118. The summed E-state index contributed by atoms with van der Waals surface area (Å²) in [6.07, 6.45) is 5.57. The molecule has 0 fully saturated rings. The zero-order valence-corrected chi connectivity index (χ0v) is 17.3. The number of nitrogens with one attached hydrogen (secondary N) is 1. The van der Waals surface area contributed by atoms with Gasteiger partial charge in [-0.05, 0) is 54.2 Å². The zero-order valence-electron chi connectivity index (χ0n) is 16.4. The molecule has 3 aromatic rings. The molecule has 0 unspecified atom stereocenters. The van der Waals surface area contributed by atoms with Crippen molar-refractivity contribution in [3.8, 4) is 0 Å². The van der Waals surface area contributed by atoms with Crippen molar-refractivity contribution >= 4 is 17.4 Å². The average Bonchev–Trinajstić information content (AvgIpc) is 3.24. The molecular formula is C26H24FNS. The summed E-state index contributed by atoms with van der Waals surface area (Å²) in [5, 5.41) is 3.71. The summed E-state index contributed by atoms with van der Waals surface area (Å²) in [4.78, 5) is 1.29. The predicted molar refractivity (Wildman–Crippen MR) is 120 cm³/mol. The molecule has 0 bridgehead atoms. The van der Waals surface area contributed by atoms with Gasteiger partial charge in [-0.15, -0.1) is 11.8 Å². The third-order valence-electron chi connectivity index (χ3n) is 6.11. The largest absolute Gasteiger partial charge is 0.377 e. The second kappa shape index (κ2) is 7.72. The zero-order chi connectivity index (χ0) is 19.8. The Hall–Kier alpha value is -2.52. The normalized spacial score (nSPS) is 22.1. The standard InChI is InChI=1S/C26H24FNS/c1-17-14-18(16-29-19-8-3-2-4-9-19)15-23-20-11-7-12-21(20)26(28-25(17)23)22-10-5-6-13-24(22)27/h2-11,13-15,20-21,26,28H,12,16H2,1H3/t20-,21+,26+/m1/s1. The topological polar surface area (TPSA) is 12.0 Å². The Morgan fingerprint density at radius 3 is 2.62 bits per heavy atom. The fourth-order valence-electron chi connectivity index (χ4n) is 4.77. The van der Waals surface area contributed by atoms with Crippen molar-refractivity contribution in [2.24, 2.45) is 5.92 Å². The molecule has 2 aliphatic rings. The van der Waals surface area contributed by atoms with Gasteiger partial charge in [-0.25, -0.2) is 4.39 Å². The van der Waals surface area contributed by atoms with Gasteiger partial charge in [0, 0.05) is 27.8 Å². The lowest BCUT2D eigenvalue weighted by Crippen LogP contribution is -2.30. The molecule has 3 aromatic carbocycles. The highest BCUT2D eigenvalue weighted by molar-refractivity contribution is 7.98. The molecule has 1 aliphatic carbocycles. The number of aryl methyl sites for hydroxylation is 1. The summed E-state index contributed by atoms with van der Waals surface area (Å²) in [5.41, 5.74) is 5.91. The Bertz CT molecular complexity index is 1060. The molecule has 1 aliphatic heterocycles. The maximum atomic E-state index is 14.6. The predicted octanol–water partition coefficient (Wildman–Crippen LogP) is 7.25. The SMILES string of the molecule is Cc1cc(CSc2ccccc2)cc2c1N[C@H](c1ccccc1F)[C@H]1CC=C[C@@H]21. The Balaban J connectivity index is 1.48. The van der Waals surface area contributed by atoms with Crippen LogP contribution in [0.25, 0.3) is 0 Å². The van der Waals surface area contributed by atoms with E-state index < -0.39 is 0 Å². The number of hydrogen-bond acceptors (Lipinski definition) is 2. The third-order valence-corrected chi connectivity index (χ3v) is 7.20. The highest BCUT2D eigenvalue weighted by Gasteiger charge is 2.39. The number of benzene rings is 3. The molecule has 1 nitrogen and oxygen atoms in total. The highest BCUT2D eigenvalue weighted by Crippen LogP contribution is 2.51. The average molecular weight is 402 g/mol. The molecule has 0 amide bonds. The number of rotatable bonds is 4. The van der Waals surface area contributed by atoms with Crippen molar-refractivity contribution < 1.29 is 4.39 Å². The lowest BCUT2D eigenvalue weighted by Gasteiger charge is -2.38. The molecule has 3 atom stereocenters. The van der Waals surface area contributed by atoms with E-state index in [1.807, 2.05) is 23.9 Å². The van der Waals surface area contributed by atoms with E-state index in [0.29, 0.717) is 11.8 Å². The Morgan fingerprint density at radius 1 is 1.00 bits per heavy atom.